The molecule has 0 spiro atoms. The molecular weight excluding hydrogens is 108 g/mol. The molecule has 0 heteroatoms. The first-order valence-corrected chi connectivity index (χ1v) is 3.77. The van der Waals surface area contributed by atoms with Crippen molar-refractivity contribution < 1.29 is 0 Å². The predicted molar refractivity (Wildman–Crippen MR) is 43.3 cm³/mol. The molecule has 0 bridgehead atoms. The number of allylic oxidation sites excluding steroid dienone is 1. The lowest BCUT2D eigenvalue weighted by atomic mass is 10.1. The van der Waals surface area contributed by atoms with Crippen LogP contribution in [-0.4, -0.2) is 0 Å². The van der Waals surface area contributed by atoms with Crippen LogP contribution in [0.3, 0.4) is 0 Å². The Kier molecular flexibility index (Phi) is 5.70. The molecule has 0 unspecified atom stereocenters. The van der Waals surface area contributed by atoms with E-state index in [0.717, 1.165) is 12.8 Å². The lowest BCUT2D eigenvalue weighted by molar-refractivity contribution is 0.728. The van der Waals surface area contributed by atoms with Crippen molar-refractivity contribution in [1.82, 2.24) is 0 Å². The Morgan fingerprint density at radius 1 is 1.33 bits per heavy atom. The van der Waals surface area contributed by atoms with Gasteiger partial charge in [0.25, 0.3) is 0 Å². The van der Waals surface area contributed by atoms with E-state index in [9.17, 15) is 0 Å². The fraction of sp³-hybridized carbons (Fsp3) is 0.667. The van der Waals surface area contributed by atoms with Crippen molar-refractivity contribution >= 4 is 0 Å². The normalized spacial score (nSPS) is 9.56. The van der Waals surface area contributed by atoms with E-state index in [2.05, 4.69) is 20.4 Å². The summed E-state index contributed by atoms with van der Waals surface area (Å²) < 4.78 is 0. The van der Waals surface area contributed by atoms with E-state index in [-0.39, 0.29) is 0 Å². The molecule has 1 radical (unpaired) electrons. The summed E-state index contributed by atoms with van der Waals surface area (Å²) in [7, 11) is 0. The summed E-state index contributed by atoms with van der Waals surface area (Å²) in [5.74, 6) is 0. The van der Waals surface area contributed by atoms with Crippen molar-refractivity contribution in [2.24, 2.45) is 0 Å². The monoisotopic (exact) mass is 125 g/mol. The summed E-state index contributed by atoms with van der Waals surface area (Å²) in [5, 5.41) is 0. The molecule has 0 aliphatic carbocycles. The Labute approximate surface area is 59.0 Å². The molecule has 0 fully saturated rings. The zero-order valence-corrected chi connectivity index (χ0v) is 6.45. The molecule has 0 aliphatic rings. The predicted octanol–water partition coefficient (Wildman–Crippen LogP) is 3.35. The van der Waals surface area contributed by atoms with Crippen molar-refractivity contribution in [2.45, 2.75) is 39.0 Å². The van der Waals surface area contributed by atoms with Gasteiger partial charge in [0, 0.05) is 0 Å². The van der Waals surface area contributed by atoms with Gasteiger partial charge in [0.2, 0.25) is 0 Å². The molecule has 0 amide bonds. The second kappa shape index (κ2) is 5.87. The summed E-state index contributed by atoms with van der Waals surface area (Å²) >= 11 is 0. The van der Waals surface area contributed by atoms with Crippen molar-refractivity contribution in [2.75, 3.05) is 0 Å². The summed E-state index contributed by atoms with van der Waals surface area (Å²) in [4.78, 5) is 0. The van der Waals surface area contributed by atoms with Crippen LogP contribution in [0, 0.1) is 6.92 Å². The maximum Gasteiger partial charge on any atom is -0.0323 e. The largest absolute Gasteiger partial charge is 0.0999 e. The van der Waals surface area contributed by atoms with Crippen molar-refractivity contribution in [3.8, 4) is 0 Å². The molecule has 0 atom stereocenters. The summed E-state index contributed by atoms with van der Waals surface area (Å²) in [6.07, 6.45) is 5.93. The molecule has 0 aromatic rings. The number of hydrogen-bond acceptors (Lipinski definition) is 0. The van der Waals surface area contributed by atoms with Gasteiger partial charge >= 0.3 is 0 Å². The van der Waals surface area contributed by atoms with Gasteiger partial charge in [-0.3, -0.25) is 0 Å². The van der Waals surface area contributed by atoms with Crippen LogP contribution in [0.4, 0.5) is 0 Å². The first kappa shape index (κ1) is 8.74. The summed E-state index contributed by atoms with van der Waals surface area (Å²) in [6, 6.07) is 0. The number of rotatable bonds is 5. The molecular formula is C9H17. The highest BCUT2D eigenvalue weighted by Gasteiger charge is 1.88. The van der Waals surface area contributed by atoms with Gasteiger partial charge in [0.05, 0.1) is 0 Å². The molecule has 9 heavy (non-hydrogen) atoms. The second-order valence-electron chi connectivity index (χ2n) is 2.41. The van der Waals surface area contributed by atoms with Crippen LogP contribution >= 0.6 is 0 Å². The molecule has 0 rings (SSSR count). The van der Waals surface area contributed by atoms with E-state index >= 15 is 0 Å². The third-order valence-corrected chi connectivity index (χ3v) is 1.53. The smallest absolute Gasteiger partial charge is 0.0323 e. The van der Waals surface area contributed by atoms with Crippen LogP contribution in [0.15, 0.2) is 12.2 Å². The summed E-state index contributed by atoms with van der Waals surface area (Å²) in [6.45, 7) is 9.86. The summed E-state index contributed by atoms with van der Waals surface area (Å²) in [5.41, 5.74) is 1.38. The van der Waals surface area contributed by atoms with Crippen LogP contribution < -0.4 is 0 Å². The molecule has 53 valence electrons. The Morgan fingerprint density at radius 3 is 2.44 bits per heavy atom. The minimum Gasteiger partial charge on any atom is -0.0999 e. The van der Waals surface area contributed by atoms with Crippen LogP contribution in [-0.2, 0) is 0 Å². The fourth-order valence-electron chi connectivity index (χ4n) is 0.729. The van der Waals surface area contributed by atoms with Crippen LogP contribution in [0.2, 0.25) is 0 Å². The number of hydrogen-bond donors (Lipinski definition) is 0. The average molecular weight is 125 g/mol. The van der Waals surface area contributed by atoms with Crippen LogP contribution in [0.25, 0.3) is 0 Å². The second-order valence-corrected chi connectivity index (χ2v) is 2.41. The van der Waals surface area contributed by atoms with E-state index in [1.165, 1.54) is 24.8 Å². The molecule has 0 saturated carbocycles. The van der Waals surface area contributed by atoms with Crippen LogP contribution in [0.1, 0.15) is 39.0 Å². The Hall–Kier alpha value is -0.260. The lowest BCUT2D eigenvalue weighted by Crippen LogP contribution is -1.78. The third kappa shape index (κ3) is 5.61. The van der Waals surface area contributed by atoms with Gasteiger partial charge in [-0.1, -0.05) is 38.8 Å². The van der Waals surface area contributed by atoms with E-state index in [4.69, 9.17) is 0 Å². The van der Waals surface area contributed by atoms with Crippen LogP contribution in [0.5, 0.6) is 0 Å². The zero-order valence-electron chi connectivity index (χ0n) is 6.45. The van der Waals surface area contributed by atoms with Crippen molar-refractivity contribution in [3.63, 3.8) is 0 Å². The lowest BCUT2D eigenvalue weighted by Gasteiger charge is -1.98. The van der Waals surface area contributed by atoms with Gasteiger partial charge in [-0.15, -0.1) is 0 Å². The van der Waals surface area contributed by atoms with Gasteiger partial charge in [0.1, 0.15) is 0 Å². The quantitative estimate of drug-likeness (QED) is 0.390. The molecule has 0 aromatic heterocycles. The topological polar surface area (TPSA) is 0 Å². The Bertz CT molecular complexity index is 72.1. The molecule has 0 aliphatic heterocycles. The minimum absolute atomic E-state index is 1.07. The SMILES string of the molecule is [CH2]CCCCC(=C)CC. The molecule has 0 aromatic carbocycles. The third-order valence-electron chi connectivity index (χ3n) is 1.53. The maximum atomic E-state index is 3.92. The highest BCUT2D eigenvalue weighted by Crippen LogP contribution is 2.08. The molecule has 0 saturated heterocycles. The van der Waals surface area contributed by atoms with Gasteiger partial charge < -0.3 is 0 Å². The zero-order chi connectivity index (χ0) is 7.11. The van der Waals surface area contributed by atoms with E-state index in [0.29, 0.717) is 0 Å². The van der Waals surface area contributed by atoms with Gasteiger partial charge in [-0.05, 0) is 19.3 Å². The average Bonchev–Trinajstić information content (AvgIpc) is 1.89. The highest BCUT2D eigenvalue weighted by atomic mass is 13.9. The molecule has 0 N–H and O–H groups in total. The molecule has 0 heterocycles. The van der Waals surface area contributed by atoms with Gasteiger partial charge in [0.15, 0.2) is 0 Å². The maximum absolute atomic E-state index is 3.92. The van der Waals surface area contributed by atoms with E-state index in [1.54, 1.807) is 0 Å². The highest BCUT2D eigenvalue weighted by molar-refractivity contribution is 4.91. The van der Waals surface area contributed by atoms with Crippen molar-refractivity contribution in [1.29, 1.82) is 0 Å². The fourth-order valence-corrected chi connectivity index (χ4v) is 0.729. The van der Waals surface area contributed by atoms with Gasteiger partial charge in [-0.25, -0.2) is 0 Å². The van der Waals surface area contributed by atoms with E-state index < -0.39 is 0 Å². The van der Waals surface area contributed by atoms with E-state index in [1.807, 2.05) is 0 Å². The Balaban J connectivity index is 2.97. The van der Waals surface area contributed by atoms with Crippen molar-refractivity contribution in [3.05, 3.63) is 19.1 Å². The first-order chi connectivity index (χ1) is 4.31. The number of unbranched alkanes of at least 4 members (excludes halogenated alkanes) is 2. The first-order valence-electron chi connectivity index (χ1n) is 3.77. The van der Waals surface area contributed by atoms with Gasteiger partial charge in [-0.2, -0.15) is 0 Å². The standard InChI is InChI=1S/C9H17/c1-4-6-7-8-9(3)5-2/h1,3-8H2,2H3. The molecule has 0 nitrogen and oxygen atoms in total. The minimum atomic E-state index is 1.07. The Morgan fingerprint density at radius 2 is 2.00 bits per heavy atom.